The van der Waals surface area contributed by atoms with Crippen LogP contribution in [0.2, 0.25) is 0 Å². The van der Waals surface area contributed by atoms with Crippen molar-refractivity contribution in [1.29, 1.82) is 0 Å². The van der Waals surface area contributed by atoms with Gasteiger partial charge in [-0.25, -0.2) is 0 Å². The molecule has 3 heterocycles. The SMILES string of the molecule is C=CCN(Cc1ccccc1)C(=O)[C@H]1[C@H]2C(=O)N([C@H](CO)c3ccccc3)C(C(=O)N(CC=C)c3ccc(OC)cc3)C23CC[C@]1(C)S3. The first kappa shape index (κ1) is 33.6. The third-order valence-electron chi connectivity index (χ3n) is 10.2. The average molecular weight is 666 g/mol. The van der Waals surface area contributed by atoms with Gasteiger partial charge in [0.05, 0.1) is 36.3 Å². The zero-order chi connectivity index (χ0) is 34.1. The lowest BCUT2D eigenvalue weighted by Crippen LogP contribution is -2.56. The summed E-state index contributed by atoms with van der Waals surface area (Å²) in [6.45, 7) is 10.5. The van der Waals surface area contributed by atoms with E-state index in [1.807, 2.05) is 72.8 Å². The number of benzene rings is 3. The minimum absolute atomic E-state index is 0.111. The molecule has 9 heteroatoms. The van der Waals surface area contributed by atoms with Crippen molar-refractivity contribution in [2.75, 3.05) is 31.7 Å². The number of anilines is 1. The maximum absolute atomic E-state index is 15.1. The van der Waals surface area contributed by atoms with Crippen LogP contribution in [0.5, 0.6) is 5.75 Å². The first-order chi connectivity index (χ1) is 23.2. The lowest BCUT2D eigenvalue weighted by molar-refractivity contribution is -0.146. The first-order valence-corrected chi connectivity index (χ1v) is 17.2. The molecule has 0 saturated carbocycles. The molecule has 2 unspecified atom stereocenters. The van der Waals surface area contributed by atoms with Gasteiger partial charge in [-0.15, -0.1) is 24.9 Å². The Morgan fingerprint density at radius 3 is 2.23 bits per heavy atom. The Bertz CT molecular complexity index is 1670. The van der Waals surface area contributed by atoms with Gasteiger partial charge < -0.3 is 24.5 Å². The second kappa shape index (κ2) is 13.6. The molecule has 2 bridgehead atoms. The van der Waals surface area contributed by atoms with Crippen molar-refractivity contribution in [3.63, 3.8) is 0 Å². The molecule has 3 aliphatic heterocycles. The smallest absolute Gasteiger partial charge is 0.251 e. The summed E-state index contributed by atoms with van der Waals surface area (Å²) in [5, 5.41) is 10.9. The Hall–Kier alpha value is -4.34. The monoisotopic (exact) mass is 665 g/mol. The fraction of sp³-hybridized carbons (Fsp3) is 0.359. The van der Waals surface area contributed by atoms with Crippen molar-refractivity contribution >= 4 is 35.2 Å². The molecule has 250 valence electrons. The standard InChI is InChI=1S/C39H43N3O5S/c1-5-23-40(25-27-13-9-7-10-14-27)35(44)32-33-36(45)42(31(26-43)28-15-11-8-12-16-28)34(39(33)22-21-38(32,3)48-39)37(46)41(24-6-2)29-17-19-30(47-4)20-18-29/h5-20,31-34,43H,1-2,21-26H2,3-4H3/t31-,32-,33+,34?,38+,39?/m1/s1. The number of ether oxygens (including phenoxy) is 1. The number of hydrogen-bond donors (Lipinski definition) is 1. The van der Waals surface area contributed by atoms with E-state index in [0.29, 0.717) is 37.4 Å². The Morgan fingerprint density at radius 2 is 1.62 bits per heavy atom. The van der Waals surface area contributed by atoms with Crippen molar-refractivity contribution in [2.45, 2.75) is 47.9 Å². The fourth-order valence-corrected chi connectivity index (χ4v) is 10.5. The number of fused-ring (bicyclic) bond motifs is 1. The van der Waals surface area contributed by atoms with Gasteiger partial charge in [-0.3, -0.25) is 14.4 Å². The first-order valence-electron chi connectivity index (χ1n) is 16.4. The van der Waals surface area contributed by atoms with Crippen LogP contribution < -0.4 is 9.64 Å². The molecular weight excluding hydrogens is 623 g/mol. The summed E-state index contributed by atoms with van der Waals surface area (Å²) in [4.78, 5) is 50.0. The molecule has 3 fully saturated rings. The highest BCUT2D eigenvalue weighted by atomic mass is 32.2. The summed E-state index contributed by atoms with van der Waals surface area (Å²) in [6, 6.07) is 24.7. The minimum atomic E-state index is -0.930. The van der Waals surface area contributed by atoms with Crippen LogP contribution in [0, 0.1) is 11.8 Å². The van der Waals surface area contributed by atoms with Crippen LogP contribution >= 0.6 is 11.8 Å². The number of aliphatic hydroxyl groups is 1. The highest BCUT2D eigenvalue weighted by molar-refractivity contribution is 8.02. The van der Waals surface area contributed by atoms with Crippen LogP contribution in [-0.4, -0.2) is 75.0 Å². The quantitative estimate of drug-likeness (QED) is 0.238. The number of nitrogens with zero attached hydrogens (tertiary/aromatic N) is 3. The highest BCUT2D eigenvalue weighted by Gasteiger charge is 2.78. The summed E-state index contributed by atoms with van der Waals surface area (Å²) >= 11 is 1.62. The molecule has 6 rings (SSSR count). The van der Waals surface area contributed by atoms with Crippen LogP contribution in [-0.2, 0) is 20.9 Å². The molecule has 0 aromatic heterocycles. The number of rotatable bonds is 13. The molecule has 6 atom stereocenters. The summed E-state index contributed by atoms with van der Waals surface area (Å²) in [7, 11) is 1.59. The van der Waals surface area contributed by atoms with Gasteiger partial charge in [0, 0.05) is 30.1 Å². The fourth-order valence-electron chi connectivity index (χ4n) is 8.13. The zero-order valence-corrected chi connectivity index (χ0v) is 28.4. The van der Waals surface area contributed by atoms with E-state index < -0.39 is 33.4 Å². The van der Waals surface area contributed by atoms with E-state index >= 15 is 9.59 Å². The van der Waals surface area contributed by atoms with E-state index in [0.717, 1.165) is 11.1 Å². The average Bonchev–Trinajstić information content (AvgIpc) is 3.68. The Kier molecular flexibility index (Phi) is 9.54. The lowest BCUT2D eigenvalue weighted by atomic mass is 9.66. The summed E-state index contributed by atoms with van der Waals surface area (Å²) in [5.74, 6) is -1.38. The number of hydrogen-bond acceptors (Lipinski definition) is 6. The van der Waals surface area contributed by atoms with E-state index in [9.17, 15) is 9.90 Å². The van der Waals surface area contributed by atoms with E-state index in [-0.39, 0.29) is 30.9 Å². The van der Waals surface area contributed by atoms with Gasteiger partial charge in [0.2, 0.25) is 11.8 Å². The van der Waals surface area contributed by atoms with Crippen LogP contribution in [0.1, 0.15) is 36.9 Å². The van der Waals surface area contributed by atoms with Gasteiger partial charge in [-0.2, -0.15) is 0 Å². The second-order valence-corrected chi connectivity index (χ2v) is 14.9. The number of methoxy groups -OCH3 is 1. The number of carbonyl (C=O) groups excluding carboxylic acids is 3. The van der Waals surface area contributed by atoms with Crippen LogP contribution in [0.15, 0.2) is 110 Å². The van der Waals surface area contributed by atoms with Crippen molar-refractivity contribution in [3.8, 4) is 5.75 Å². The molecule has 3 amide bonds. The molecule has 8 nitrogen and oxygen atoms in total. The normalized spacial score (nSPS) is 26.1. The van der Waals surface area contributed by atoms with Crippen LogP contribution in [0.4, 0.5) is 5.69 Å². The maximum Gasteiger partial charge on any atom is 0.251 e. The van der Waals surface area contributed by atoms with Gasteiger partial charge >= 0.3 is 0 Å². The highest BCUT2D eigenvalue weighted by Crippen LogP contribution is 2.72. The largest absolute Gasteiger partial charge is 0.497 e. The number of aliphatic hydroxyl groups excluding tert-OH is 1. The number of amides is 3. The molecule has 3 saturated heterocycles. The molecular formula is C39H43N3O5S. The van der Waals surface area contributed by atoms with E-state index in [4.69, 9.17) is 4.74 Å². The minimum Gasteiger partial charge on any atom is -0.497 e. The predicted molar refractivity (Wildman–Crippen MR) is 189 cm³/mol. The Balaban J connectivity index is 1.46. The molecule has 1 N–H and O–H groups in total. The Labute approximate surface area is 287 Å². The third-order valence-corrected chi connectivity index (χ3v) is 12.2. The zero-order valence-electron chi connectivity index (χ0n) is 27.5. The van der Waals surface area contributed by atoms with Crippen LogP contribution in [0.25, 0.3) is 0 Å². The number of likely N-dealkylation sites (tertiary alicyclic amines) is 1. The van der Waals surface area contributed by atoms with E-state index in [1.165, 1.54) is 0 Å². The second-order valence-electron chi connectivity index (χ2n) is 13.0. The van der Waals surface area contributed by atoms with E-state index in [1.54, 1.807) is 57.9 Å². The number of thioether (sulfide) groups is 1. The van der Waals surface area contributed by atoms with Crippen molar-refractivity contribution in [1.82, 2.24) is 9.80 Å². The van der Waals surface area contributed by atoms with Crippen molar-refractivity contribution in [2.24, 2.45) is 11.8 Å². The molecule has 3 aliphatic rings. The molecule has 0 radical (unpaired) electrons. The molecule has 3 aromatic rings. The van der Waals surface area contributed by atoms with Crippen molar-refractivity contribution < 1.29 is 24.2 Å². The van der Waals surface area contributed by atoms with Gasteiger partial charge in [0.15, 0.2) is 0 Å². The summed E-state index contributed by atoms with van der Waals surface area (Å²) in [6.07, 6.45) is 4.66. The van der Waals surface area contributed by atoms with Gasteiger partial charge in [0.25, 0.3) is 5.91 Å². The van der Waals surface area contributed by atoms with Crippen LogP contribution in [0.3, 0.4) is 0 Å². The van der Waals surface area contributed by atoms with Gasteiger partial charge in [0.1, 0.15) is 11.8 Å². The molecule has 48 heavy (non-hydrogen) atoms. The van der Waals surface area contributed by atoms with Gasteiger partial charge in [-0.05, 0) is 55.2 Å². The molecule has 0 aliphatic carbocycles. The third kappa shape index (κ3) is 5.62. The predicted octanol–water partition coefficient (Wildman–Crippen LogP) is 5.64. The van der Waals surface area contributed by atoms with Crippen molar-refractivity contribution in [3.05, 3.63) is 121 Å². The lowest BCUT2D eigenvalue weighted by Gasteiger charge is -2.39. The summed E-state index contributed by atoms with van der Waals surface area (Å²) < 4.78 is 3.94. The molecule has 1 spiro atoms. The number of carbonyl (C=O) groups is 3. The Morgan fingerprint density at radius 1 is 0.979 bits per heavy atom. The summed E-state index contributed by atoms with van der Waals surface area (Å²) in [5.41, 5.74) is 2.36. The molecule has 3 aromatic carbocycles. The topological polar surface area (TPSA) is 90.4 Å². The maximum atomic E-state index is 15.1. The van der Waals surface area contributed by atoms with E-state index in [2.05, 4.69) is 20.1 Å². The van der Waals surface area contributed by atoms with Gasteiger partial charge in [-0.1, -0.05) is 72.8 Å².